The topological polar surface area (TPSA) is 59.0 Å². The number of benzene rings is 2. The van der Waals surface area contributed by atoms with Crippen molar-refractivity contribution in [2.75, 3.05) is 18.4 Å². The molecular formula is C25H31ClN4O. The number of hydrogen-bond acceptors (Lipinski definition) is 3. The second kappa shape index (κ2) is 10.6. The first-order chi connectivity index (χ1) is 14.5. The zero-order valence-electron chi connectivity index (χ0n) is 18.2. The summed E-state index contributed by atoms with van der Waals surface area (Å²) in [5.41, 5.74) is 6.55. The molecule has 1 saturated heterocycles. The highest BCUT2D eigenvalue weighted by Crippen LogP contribution is 2.17. The van der Waals surface area contributed by atoms with Crippen LogP contribution < -0.4 is 10.6 Å². The minimum absolute atomic E-state index is 0. The number of nitrogens with zero attached hydrogens (tertiary/aromatic N) is 2. The van der Waals surface area contributed by atoms with Crippen LogP contribution >= 0.6 is 12.4 Å². The molecule has 1 amide bonds. The fraction of sp³-hybridized carbons (Fsp3) is 0.360. The predicted octanol–water partition coefficient (Wildman–Crippen LogP) is 4.30. The molecule has 2 aromatic carbocycles. The van der Waals surface area contributed by atoms with E-state index in [0.29, 0.717) is 6.42 Å². The molecule has 0 radical (unpaired) electrons. The Morgan fingerprint density at radius 1 is 1.06 bits per heavy atom. The first-order valence-corrected chi connectivity index (χ1v) is 10.7. The quantitative estimate of drug-likeness (QED) is 0.578. The third-order valence-electron chi connectivity index (χ3n) is 5.75. The van der Waals surface area contributed by atoms with Crippen molar-refractivity contribution in [3.05, 3.63) is 82.7 Å². The molecule has 31 heavy (non-hydrogen) atoms. The summed E-state index contributed by atoms with van der Waals surface area (Å²) in [6, 6.07) is 18.5. The van der Waals surface area contributed by atoms with Crippen molar-refractivity contribution in [3.8, 4) is 0 Å². The Morgan fingerprint density at radius 2 is 1.74 bits per heavy atom. The van der Waals surface area contributed by atoms with E-state index in [2.05, 4.69) is 53.0 Å². The van der Waals surface area contributed by atoms with Crippen LogP contribution in [-0.4, -0.2) is 28.8 Å². The predicted molar refractivity (Wildman–Crippen MR) is 128 cm³/mol. The molecule has 4 rings (SSSR count). The Balaban J connectivity index is 0.00000272. The lowest BCUT2D eigenvalue weighted by atomic mass is 9.97. The van der Waals surface area contributed by atoms with E-state index >= 15 is 0 Å². The van der Waals surface area contributed by atoms with Crippen LogP contribution in [0, 0.1) is 19.8 Å². The lowest BCUT2D eigenvalue weighted by Crippen LogP contribution is -2.14. The van der Waals surface area contributed by atoms with Gasteiger partial charge in [-0.15, -0.1) is 12.4 Å². The summed E-state index contributed by atoms with van der Waals surface area (Å²) < 4.78 is 2.00. The van der Waals surface area contributed by atoms with E-state index in [1.807, 2.05) is 35.9 Å². The number of halogens is 1. The van der Waals surface area contributed by atoms with Crippen LogP contribution in [0.1, 0.15) is 34.5 Å². The lowest BCUT2D eigenvalue weighted by molar-refractivity contribution is -0.115. The minimum atomic E-state index is 0. The van der Waals surface area contributed by atoms with E-state index in [1.165, 1.54) is 12.0 Å². The molecule has 2 heterocycles. The Kier molecular flexibility index (Phi) is 7.88. The van der Waals surface area contributed by atoms with Crippen LogP contribution in [0.5, 0.6) is 0 Å². The average Bonchev–Trinajstić information content (AvgIpc) is 3.34. The normalized spacial score (nSPS) is 15.5. The molecule has 164 valence electrons. The molecule has 6 heteroatoms. The first kappa shape index (κ1) is 23.0. The molecule has 1 atom stereocenters. The van der Waals surface area contributed by atoms with E-state index in [-0.39, 0.29) is 18.3 Å². The fourth-order valence-corrected chi connectivity index (χ4v) is 4.11. The summed E-state index contributed by atoms with van der Waals surface area (Å²) in [4.78, 5) is 12.4. The average molecular weight is 439 g/mol. The van der Waals surface area contributed by atoms with Gasteiger partial charge >= 0.3 is 0 Å². The monoisotopic (exact) mass is 438 g/mol. The van der Waals surface area contributed by atoms with Gasteiger partial charge in [0.05, 0.1) is 18.7 Å². The van der Waals surface area contributed by atoms with Crippen molar-refractivity contribution < 1.29 is 4.79 Å². The SMILES string of the molecule is Cc1cc(C)n(Cc2ccc(NC(=O)Cc3ccc(CC4CCNC4)cc3)cc2)n1.Cl. The van der Waals surface area contributed by atoms with Gasteiger partial charge in [0.2, 0.25) is 5.91 Å². The highest BCUT2D eigenvalue weighted by molar-refractivity contribution is 5.92. The fourth-order valence-electron chi connectivity index (χ4n) is 4.11. The minimum Gasteiger partial charge on any atom is -0.326 e. The standard InChI is InChI=1S/C25H30N4O.ClH/c1-18-13-19(2)29(28-18)17-22-7-9-24(10-8-22)27-25(30)15-21-5-3-20(4-6-21)14-23-11-12-26-16-23;/h3-10,13,23,26H,11-12,14-17H2,1-2H3,(H,27,30);1H. The number of rotatable bonds is 7. The van der Waals surface area contributed by atoms with Crippen LogP contribution in [0.4, 0.5) is 5.69 Å². The molecule has 0 spiro atoms. The van der Waals surface area contributed by atoms with E-state index in [1.54, 1.807) is 0 Å². The molecule has 5 nitrogen and oxygen atoms in total. The Labute approximate surface area is 190 Å². The van der Waals surface area contributed by atoms with Gasteiger partial charge in [-0.2, -0.15) is 5.10 Å². The molecule has 1 aliphatic rings. The van der Waals surface area contributed by atoms with Gasteiger partial charge in [-0.1, -0.05) is 36.4 Å². The van der Waals surface area contributed by atoms with Gasteiger partial charge in [-0.05, 0) is 80.6 Å². The second-order valence-corrected chi connectivity index (χ2v) is 8.39. The molecule has 1 unspecified atom stereocenters. The smallest absolute Gasteiger partial charge is 0.228 e. The van der Waals surface area contributed by atoms with Gasteiger partial charge in [0.15, 0.2) is 0 Å². The summed E-state index contributed by atoms with van der Waals surface area (Å²) in [6.45, 7) is 7.05. The van der Waals surface area contributed by atoms with Gasteiger partial charge in [-0.3, -0.25) is 9.48 Å². The number of hydrogen-bond donors (Lipinski definition) is 2. The van der Waals surface area contributed by atoms with Crippen molar-refractivity contribution in [2.45, 2.75) is 39.7 Å². The van der Waals surface area contributed by atoms with Crippen LogP contribution in [0.2, 0.25) is 0 Å². The first-order valence-electron chi connectivity index (χ1n) is 10.7. The van der Waals surface area contributed by atoms with Gasteiger partial charge in [0, 0.05) is 11.4 Å². The third-order valence-corrected chi connectivity index (χ3v) is 5.75. The molecule has 0 bridgehead atoms. The van der Waals surface area contributed by atoms with Crippen LogP contribution in [-0.2, 0) is 24.2 Å². The van der Waals surface area contributed by atoms with Crippen LogP contribution in [0.3, 0.4) is 0 Å². The lowest BCUT2D eigenvalue weighted by Gasteiger charge is -2.10. The van der Waals surface area contributed by atoms with E-state index in [0.717, 1.165) is 60.2 Å². The number of aromatic nitrogens is 2. The van der Waals surface area contributed by atoms with Crippen LogP contribution in [0.25, 0.3) is 0 Å². The van der Waals surface area contributed by atoms with Gasteiger partial charge in [-0.25, -0.2) is 0 Å². The maximum Gasteiger partial charge on any atom is 0.228 e. The molecule has 1 aromatic heterocycles. The zero-order chi connectivity index (χ0) is 20.9. The van der Waals surface area contributed by atoms with E-state index in [9.17, 15) is 4.79 Å². The Morgan fingerprint density at radius 3 is 2.35 bits per heavy atom. The van der Waals surface area contributed by atoms with Gasteiger partial charge < -0.3 is 10.6 Å². The molecule has 0 saturated carbocycles. The highest BCUT2D eigenvalue weighted by atomic mass is 35.5. The van der Waals surface area contributed by atoms with Crippen molar-refractivity contribution >= 4 is 24.0 Å². The maximum absolute atomic E-state index is 12.4. The van der Waals surface area contributed by atoms with Crippen molar-refractivity contribution in [2.24, 2.45) is 5.92 Å². The van der Waals surface area contributed by atoms with E-state index < -0.39 is 0 Å². The number of aryl methyl sites for hydroxylation is 2. The molecular weight excluding hydrogens is 408 g/mol. The van der Waals surface area contributed by atoms with E-state index in [4.69, 9.17) is 0 Å². The number of carbonyl (C=O) groups is 1. The number of nitrogens with one attached hydrogen (secondary N) is 2. The third kappa shape index (κ3) is 6.42. The van der Waals surface area contributed by atoms with Gasteiger partial charge in [0.25, 0.3) is 0 Å². The highest BCUT2D eigenvalue weighted by Gasteiger charge is 2.14. The summed E-state index contributed by atoms with van der Waals surface area (Å²) >= 11 is 0. The summed E-state index contributed by atoms with van der Waals surface area (Å²) in [5, 5.41) is 10.9. The molecule has 1 fully saturated rings. The summed E-state index contributed by atoms with van der Waals surface area (Å²) in [5.74, 6) is 0.748. The van der Waals surface area contributed by atoms with Crippen molar-refractivity contribution in [1.82, 2.24) is 15.1 Å². The van der Waals surface area contributed by atoms with Crippen LogP contribution in [0.15, 0.2) is 54.6 Å². The summed E-state index contributed by atoms with van der Waals surface area (Å²) in [6.07, 6.45) is 2.76. The number of amides is 1. The molecule has 2 N–H and O–H groups in total. The van der Waals surface area contributed by atoms with Crippen molar-refractivity contribution in [1.29, 1.82) is 0 Å². The Bertz CT molecular complexity index is 989. The second-order valence-electron chi connectivity index (χ2n) is 8.39. The molecule has 3 aromatic rings. The summed E-state index contributed by atoms with van der Waals surface area (Å²) in [7, 11) is 0. The van der Waals surface area contributed by atoms with Crippen molar-refractivity contribution in [3.63, 3.8) is 0 Å². The zero-order valence-corrected chi connectivity index (χ0v) is 19.0. The number of anilines is 1. The van der Waals surface area contributed by atoms with Gasteiger partial charge in [0.1, 0.15) is 0 Å². The molecule has 1 aliphatic heterocycles. The number of carbonyl (C=O) groups excluding carboxylic acids is 1. The Hall–Kier alpha value is -2.63. The maximum atomic E-state index is 12.4. The molecule has 0 aliphatic carbocycles. The largest absolute Gasteiger partial charge is 0.326 e.